The highest BCUT2D eigenvalue weighted by Crippen LogP contribution is 2.44. The maximum absolute atomic E-state index is 12.7. The van der Waals surface area contributed by atoms with Crippen molar-refractivity contribution in [3.05, 3.63) is 59.7 Å². The predicted octanol–water partition coefficient (Wildman–Crippen LogP) is 3.63. The van der Waals surface area contributed by atoms with Crippen molar-refractivity contribution in [3.8, 4) is 11.1 Å². The molecule has 31 heavy (non-hydrogen) atoms. The summed E-state index contributed by atoms with van der Waals surface area (Å²) >= 11 is 0. The number of carbonyl (C=O) groups excluding carboxylic acids is 2. The Bertz CT molecular complexity index is 928. The minimum atomic E-state index is -1.07. The second kappa shape index (κ2) is 9.64. The Labute approximate surface area is 182 Å². The van der Waals surface area contributed by atoms with Crippen molar-refractivity contribution in [1.29, 1.82) is 0 Å². The number of likely N-dealkylation sites (N-methyl/N-ethyl adjacent to an activating group) is 1. The van der Waals surface area contributed by atoms with Gasteiger partial charge in [0.25, 0.3) is 0 Å². The minimum Gasteiger partial charge on any atom is -0.480 e. The van der Waals surface area contributed by atoms with Crippen molar-refractivity contribution in [2.24, 2.45) is 0 Å². The molecule has 2 aromatic rings. The molecule has 2 aromatic carbocycles. The third kappa shape index (κ3) is 4.55. The summed E-state index contributed by atoms with van der Waals surface area (Å²) in [4.78, 5) is 37.7. The lowest BCUT2D eigenvalue weighted by molar-refractivity contribution is -0.149. The molecule has 0 aliphatic heterocycles. The number of alkyl carbamates (subject to hydrolysis) is 1. The second-order valence-electron chi connectivity index (χ2n) is 7.64. The molecule has 0 radical (unpaired) electrons. The Morgan fingerprint density at radius 3 is 2.03 bits per heavy atom. The van der Waals surface area contributed by atoms with Gasteiger partial charge in [0, 0.05) is 13.0 Å². The molecule has 2 N–H and O–H groups in total. The summed E-state index contributed by atoms with van der Waals surface area (Å²) in [5, 5.41) is 11.9. The van der Waals surface area contributed by atoms with Gasteiger partial charge in [-0.3, -0.25) is 4.79 Å². The van der Waals surface area contributed by atoms with E-state index in [1.807, 2.05) is 36.4 Å². The van der Waals surface area contributed by atoms with E-state index in [0.29, 0.717) is 6.42 Å². The number of fused-ring (bicyclic) bond motifs is 3. The largest absolute Gasteiger partial charge is 0.480 e. The van der Waals surface area contributed by atoms with Gasteiger partial charge in [0.2, 0.25) is 5.91 Å². The summed E-state index contributed by atoms with van der Waals surface area (Å²) in [7, 11) is 1.44. The van der Waals surface area contributed by atoms with E-state index in [1.165, 1.54) is 11.9 Å². The number of benzene rings is 2. The van der Waals surface area contributed by atoms with Crippen molar-refractivity contribution < 1.29 is 24.2 Å². The molecule has 0 saturated carbocycles. The molecular weight excluding hydrogens is 396 g/mol. The third-order valence-corrected chi connectivity index (χ3v) is 5.83. The van der Waals surface area contributed by atoms with Crippen molar-refractivity contribution in [2.75, 3.05) is 13.7 Å². The number of carboxylic acid groups (broad SMARTS) is 1. The Morgan fingerprint density at radius 1 is 1.00 bits per heavy atom. The van der Waals surface area contributed by atoms with Crippen LogP contribution < -0.4 is 5.32 Å². The highest BCUT2D eigenvalue weighted by molar-refractivity contribution is 5.89. The minimum absolute atomic E-state index is 0.0758. The molecule has 1 aliphatic rings. The maximum atomic E-state index is 12.7. The lowest BCUT2D eigenvalue weighted by Crippen LogP contribution is -2.52. The molecule has 0 fully saturated rings. The number of hydrogen-bond donors (Lipinski definition) is 2. The number of aliphatic carboxylic acids is 1. The molecule has 7 heteroatoms. The fourth-order valence-electron chi connectivity index (χ4n) is 4.13. The number of ether oxygens (including phenoxy) is 1. The summed E-state index contributed by atoms with van der Waals surface area (Å²) in [6.07, 6.45) is -0.0959. The first-order valence-corrected chi connectivity index (χ1v) is 10.5. The summed E-state index contributed by atoms with van der Waals surface area (Å²) in [6.45, 7) is 3.59. The molecule has 2 atom stereocenters. The molecule has 1 unspecified atom stereocenters. The van der Waals surface area contributed by atoms with Gasteiger partial charge in [-0.05, 0) is 35.1 Å². The standard InChI is InChI=1S/C24H28N2O5/c1-4-20(22(27)26(3)21(5-2)23(28)29)25-24(30)31-14-19-17-12-8-6-10-15(17)16-11-7-9-13-18(16)19/h6-13,19-21H,4-5,14H2,1-3H3,(H,25,30)(H,28,29)/t20-,21?/m1/s1. The van der Waals surface area contributed by atoms with Crippen LogP contribution in [0.15, 0.2) is 48.5 Å². The molecule has 0 aromatic heterocycles. The highest BCUT2D eigenvalue weighted by atomic mass is 16.5. The number of nitrogens with one attached hydrogen (secondary N) is 1. The Hall–Kier alpha value is -3.35. The molecule has 7 nitrogen and oxygen atoms in total. The quantitative estimate of drug-likeness (QED) is 0.675. The van der Waals surface area contributed by atoms with Crippen LogP contribution in [0, 0.1) is 0 Å². The summed E-state index contributed by atoms with van der Waals surface area (Å²) in [6, 6.07) is 14.3. The average molecular weight is 424 g/mol. The van der Waals surface area contributed by atoms with Crippen molar-refractivity contribution in [1.82, 2.24) is 10.2 Å². The van der Waals surface area contributed by atoms with E-state index < -0.39 is 30.1 Å². The van der Waals surface area contributed by atoms with Gasteiger partial charge in [-0.15, -0.1) is 0 Å². The Balaban J connectivity index is 1.66. The molecule has 0 saturated heterocycles. The molecule has 164 valence electrons. The smallest absolute Gasteiger partial charge is 0.407 e. The number of nitrogens with zero attached hydrogens (tertiary/aromatic N) is 1. The second-order valence-corrected chi connectivity index (χ2v) is 7.64. The van der Waals surface area contributed by atoms with Gasteiger partial charge in [0.15, 0.2) is 0 Å². The van der Waals surface area contributed by atoms with Crippen LogP contribution in [0.3, 0.4) is 0 Å². The predicted molar refractivity (Wildman–Crippen MR) is 117 cm³/mol. The van der Waals surface area contributed by atoms with Gasteiger partial charge in [-0.2, -0.15) is 0 Å². The van der Waals surface area contributed by atoms with Gasteiger partial charge in [-0.25, -0.2) is 9.59 Å². The number of rotatable bonds is 8. The average Bonchev–Trinajstić information content (AvgIpc) is 3.09. The lowest BCUT2D eigenvalue weighted by Gasteiger charge is -2.28. The van der Waals surface area contributed by atoms with Gasteiger partial charge < -0.3 is 20.1 Å². The van der Waals surface area contributed by atoms with Gasteiger partial charge >= 0.3 is 12.1 Å². The van der Waals surface area contributed by atoms with Crippen molar-refractivity contribution in [3.63, 3.8) is 0 Å². The number of amides is 2. The summed E-state index contributed by atoms with van der Waals surface area (Å²) in [5.74, 6) is -1.60. The SMILES string of the molecule is CCC(C(=O)O)N(C)C(=O)[C@@H](CC)NC(=O)OCC1c2ccccc2-c2ccccc21. The zero-order chi connectivity index (χ0) is 22.5. The number of hydrogen-bond acceptors (Lipinski definition) is 4. The fourth-order valence-corrected chi connectivity index (χ4v) is 4.13. The van der Waals surface area contributed by atoms with E-state index in [9.17, 15) is 19.5 Å². The van der Waals surface area contributed by atoms with Crippen LogP contribution in [0.4, 0.5) is 4.79 Å². The maximum Gasteiger partial charge on any atom is 0.407 e. The van der Waals surface area contributed by atoms with Crippen LogP contribution in [0.5, 0.6) is 0 Å². The third-order valence-electron chi connectivity index (χ3n) is 5.83. The molecule has 0 bridgehead atoms. The van der Waals surface area contributed by atoms with E-state index in [4.69, 9.17) is 4.74 Å². The van der Waals surface area contributed by atoms with Crippen LogP contribution in [-0.4, -0.2) is 53.7 Å². The van der Waals surface area contributed by atoms with Crippen LogP contribution in [-0.2, 0) is 14.3 Å². The van der Waals surface area contributed by atoms with Crippen LogP contribution in [0.1, 0.15) is 43.7 Å². The normalized spacial score (nSPS) is 14.2. The first-order chi connectivity index (χ1) is 14.9. The van der Waals surface area contributed by atoms with Gasteiger partial charge in [0.05, 0.1) is 0 Å². The molecular formula is C24H28N2O5. The zero-order valence-electron chi connectivity index (χ0n) is 18.0. The van der Waals surface area contributed by atoms with Crippen LogP contribution in [0.25, 0.3) is 11.1 Å². The summed E-state index contributed by atoms with van der Waals surface area (Å²) in [5.41, 5.74) is 4.47. The topological polar surface area (TPSA) is 95.9 Å². The van der Waals surface area contributed by atoms with Crippen molar-refractivity contribution in [2.45, 2.75) is 44.7 Å². The van der Waals surface area contributed by atoms with E-state index in [1.54, 1.807) is 13.8 Å². The van der Waals surface area contributed by atoms with Crippen LogP contribution >= 0.6 is 0 Å². The first kappa shape index (κ1) is 22.3. The number of carbonyl (C=O) groups is 3. The van der Waals surface area contributed by atoms with Crippen molar-refractivity contribution >= 4 is 18.0 Å². The fraction of sp³-hybridized carbons (Fsp3) is 0.375. The van der Waals surface area contributed by atoms with Crippen LogP contribution in [0.2, 0.25) is 0 Å². The van der Waals surface area contributed by atoms with E-state index >= 15 is 0 Å². The first-order valence-electron chi connectivity index (χ1n) is 10.5. The number of carboxylic acids is 1. The summed E-state index contributed by atoms with van der Waals surface area (Å²) < 4.78 is 5.50. The van der Waals surface area contributed by atoms with E-state index in [2.05, 4.69) is 17.4 Å². The molecule has 0 heterocycles. The van der Waals surface area contributed by atoms with Gasteiger partial charge in [-0.1, -0.05) is 62.4 Å². The van der Waals surface area contributed by atoms with E-state index in [0.717, 1.165) is 22.3 Å². The molecule has 0 spiro atoms. The highest BCUT2D eigenvalue weighted by Gasteiger charge is 2.32. The molecule has 3 rings (SSSR count). The lowest BCUT2D eigenvalue weighted by atomic mass is 9.98. The Morgan fingerprint density at radius 2 is 1.55 bits per heavy atom. The van der Waals surface area contributed by atoms with Gasteiger partial charge in [0.1, 0.15) is 18.7 Å². The zero-order valence-corrected chi connectivity index (χ0v) is 18.0. The van der Waals surface area contributed by atoms with E-state index in [-0.39, 0.29) is 18.9 Å². The molecule has 2 amide bonds. The molecule has 1 aliphatic carbocycles. The monoisotopic (exact) mass is 424 g/mol. The Kier molecular flexibility index (Phi) is 6.95.